The minimum absolute atomic E-state index is 0.0257. The van der Waals surface area contributed by atoms with E-state index in [1.807, 2.05) is 39.0 Å². The summed E-state index contributed by atoms with van der Waals surface area (Å²) in [5.41, 5.74) is 6.86. The van der Waals surface area contributed by atoms with E-state index in [1.165, 1.54) is 0 Å². The first-order chi connectivity index (χ1) is 7.19. The molecule has 0 saturated heterocycles. The van der Waals surface area contributed by atoms with Crippen molar-refractivity contribution < 1.29 is 9.47 Å². The molecule has 0 fully saturated rings. The highest BCUT2D eigenvalue weighted by atomic mass is 16.5. The molecule has 84 valence electrons. The topological polar surface area (TPSA) is 44.5 Å². The maximum Gasteiger partial charge on any atom is 0.127 e. The molecule has 0 spiro atoms. The average Bonchev–Trinajstić information content (AvgIpc) is 2.18. The lowest BCUT2D eigenvalue weighted by molar-refractivity contribution is 0.319. The predicted molar refractivity (Wildman–Crippen MR) is 61.4 cm³/mol. The van der Waals surface area contributed by atoms with Gasteiger partial charge in [0.2, 0.25) is 0 Å². The highest BCUT2D eigenvalue weighted by molar-refractivity contribution is 5.42. The van der Waals surface area contributed by atoms with Gasteiger partial charge in [-0.3, -0.25) is 0 Å². The summed E-state index contributed by atoms with van der Waals surface area (Å²) in [6.07, 6.45) is 0. The molecule has 1 aromatic carbocycles. The molecule has 0 aliphatic carbocycles. The Bertz CT molecular complexity index is 310. The van der Waals surface area contributed by atoms with Crippen LogP contribution in [-0.4, -0.2) is 13.2 Å². The second-order valence-electron chi connectivity index (χ2n) is 3.35. The smallest absolute Gasteiger partial charge is 0.127 e. The van der Waals surface area contributed by atoms with Gasteiger partial charge in [0, 0.05) is 17.7 Å². The van der Waals surface area contributed by atoms with E-state index in [-0.39, 0.29) is 6.04 Å². The molecular formula is C12H19NO2. The lowest BCUT2D eigenvalue weighted by atomic mass is 10.1. The van der Waals surface area contributed by atoms with E-state index in [1.54, 1.807) is 0 Å². The second-order valence-corrected chi connectivity index (χ2v) is 3.35. The van der Waals surface area contributed by atoms with Gasteiger partial charge in [-0.2, -0.15) is 0 Å². The van der Waals surface area contributed by atoms with Crippen LogP contribution in [0.3, 0.4) is 0 Å². The predicted octanol–water partition coefficient (Wildman–Crippen LogP) is 2.50. The zero-order valence-electron chi connectivity index (χ0n) is 9.62. The van der Waals surface area contributed by atoms with Crippen LogP contribution in [0.4, 0.5) is 0 Å². The van der Waals surface area contributed by atoms with Gasteiger partial charge in [-0.1, -0.05) is 6.07 Å². The summed E-state index contributed by atoms with van der Waals surface area (Å²) in [7, 11) is 0. The van der Waals surface area contributed by atoms with Crippen molar-refractivity contribution in [2.45, 2.75) is 26.8 Å². The van der Waals surface area contributed by atoms with E-state index in [0.717, 1.165) is 17.1 Å². The van der Waals surface area contributed by atoms with Gasteiger partial charge in [-0.25, -0.2) is 0 Å². The van der Waals surface area contributed by atoms with Crippen LogP contribution in [-0.2, 0) is 0 Å². The molecule has 0 saturated carbocycles. The molecule has 0 aliphatic rings. The fraction of sp³-hybridized carbons (Fsp3) is 0.500. The summed E-state index contributed by atoms with van der Waals surface area (Å²) in [5.74, 6) is 1.64. The molecule has 1 aromatic rings. The molecule has 0 aliphatic heterocycles. The van der Waals surface area contributed by atoms with Gasteiger partial charge in [0.1, 0.15) is 11.5 Å². The number of ether oxygens (including phenoxy) is 2. The van der Waals surface area contributed by atoms with E-state index in [9.17, 15) is 0 Å². The van der Waals surface area contributed by atoms with Crippen molar-refractivity contribution in [2.24, 2.45) is 5.73 Å². The third kappa shape index (κ3) is 3.13. The summed E-state index contributed by atoms with van der Waals surface area (Å²) in [6.45, 7) is 7.15. The van der Waals surface area contributed by atoms with E-state index >= 15 is 0 Å². The minimum atomic E-state index is -0.0257. The van der Waals surface area contributed by atoms with Crippen LogP contribution in [0.1, 0.15) is 32.4 Å². The minimum Gasteiger partial charge on any atom is -0.494 e. The molecule has 1 atom stereocenters. The van der Waals surface area contributed by atoms with Crippen LogP contribution in [0.2, 0.25) is 0 Å². The summed E-state index contributed by atoms with van der Waals surface area (Å²) in [4.78, 5) is 0. The summed E-state index contributed by atoms with van der Waals surface area (Å²) in [5, 5.41) is 0. The van der Waals surface area contributed by atoms with Crippen molar-refractivity contribution in [3.05, 3.63) is 23.8 Å². The van der Waals surface area contributed by atoms with E-state index in [0.29, 0.717) is 13.2 Å². The molecule has 2 N–H and O–H groups in total. The molecule has 0 aromatic heterocycles. The Morgan fingerprint density at radius 2 is 1.87 bits per heavy atom. The standard InChI is InChI=1S/C12H19NO2/c1-4-14-10-6-7-11(9(3)13)12(8-10)15-5-2/h6-9H,4-5,13H2,1-3H3/t9-/m1/s1. The Labute approximate surface area is 91.2 Å². The van der Waals surface area contributed by atoms with Crippen molar-refractivity contribution in [2.75, 3.05) is 13.2 Å². The fourth-order valence-corrected chi connectivity index (χ4v) is 1.43. The normalized spacial score (nSPS) is 12.3. The van der Waals surface area contributed by atoms with Crippen molar-refractivity contribution in [3.63, 3.8) is 0 Å². The van der Waals surface area contributed by atoms with Crippen LogP contribution < -0.4 is 15.2 Å². The SMILES string of the molecule is CCOc1ccc([C@@H](C)N)c(OCC)c1. The van der Waals surface area contributed by atoms with Crippen molar-refractivity contribution in [3.8, 4) is 11.5 Å². The quantitative estimate of drug-likeness (QED) is 0.810. The number of nitrogens with two attached hydrogens (primary N) is 1. The van der Waals surface area contributed by atoms with Crippen LogP contribution >= 0.6 is 0 Å². The van der Waals surface area contributed by atoms with E-state index in [4.69, 9.17) is 15.2 Å². The van der Waals surface area contributed by atoms with Crippen LogP contribution in [0.15, 0.2) is 18.2 Å². The van der Waals surface area contributed by atoms with Gasteiger partial charge < -0.3 is 15.2 Å². The van der Waals surface area contributed by atoms with Gasteiger partial charge in [-0.05, 0) is 26.8 Å². The highest BCUT2D eigenvalue weighted by Crippen LogP contribution is 2.28. The molecule has 0 bridgehead atoms. The molecule has 3 nitrogen and oxygen atoms in total. The monoisotopic (exact) mass is 209 g/mol. The lowest BCUT2D eigenvalue weighted by Gasteiger charge is -2.14. The molecule has 0 heterocycles. The summed E-state index contributed by atoms with van der Waals surface area (Å²) < 4.78 is 10.9. The third-order valence-corrected chi connectivity index (χ3v) is 2.09. The Balaban J connectivity index is 2.97. The molecule has 15 heavy (non-hydrogen) atoms. The second kappa shape index (κ2) is 5.61. The molecule has 3 heteroatoms. The summed E-state index contributed by atoms with van der Waals surface area (Å²) >= 11 is 0. The van der Waals surface area contributed by atoms with Gasteiger partial charge in [0.25, 0.3) is 0 Å². The zero-order chi connectivity index (χ0) is 11.3. The molecule has 1 rings (SSSR count). The Hall–Kier alpha value is -1.22. The van der Waals surface area contributed by atoms with Gasteiger partial charge in [-0.15, -0.1) is 0 Å². The van der Waals surface area contributed by atoms with Crippen molar-refractivity contribution >= 4 is 0 Å². The fourth-order valence-electron chi connectivity index (χ4n) is 1.43. The maximum atomic E-state index is 5.85. The largest absolute Gasteiger partial charge is 0.494 e. The Morgan fingerprint density at radius 3 is 2.40 bits per heavy atom. The highest BCUT2D eigenvalue weighted by Gasteiger charge is 2.09. The van der Waals surface area contributed by atoms with E-state index < -0.39 is 0 Å². The maximum absolute atomic E-state index is 5.85. The van der Waals surface area contributed by atoms with Crippen LogP contribution in [0.5, 0.6) is 11.5 Å². The molecule has 0 unspecified atom stereocenters. The first-order valence-electron chi connectivity index (χ1n) is 5.34. The first-order valence-corrected chi connectivity index (χ1v) is 5.34. The number of benzene rings is 1. The average molecular weight is 209 g/mol. The van der Waals surface area contributed by atoms with Crippen LogP contribution in [0.25, 0.3) is 0 Å². The molecule has 0 amide bonds. The Kier molecular flexibility index (Phi) is 4.43. The van der Waals surface area contributed by atoms with Gasteiger partial charge >= 0.3 is 0 Å². The van der Waals surface area contributed by atoms with Crippen LogP contribution in [0, 0.1) is 0 Å². The van der Waals surface area contributed by atoms with Gasteiger partial charge in [0.15, 0.2) is 0 Å². The number of rotatable bonds is 5. The molecular weight excluding hydrogens is 190 g/mol. The van der Waals surface area contributed by atoms with E-state index in [2.05, 4.69) is 0 Å². The summed E-state index contributed by atoms with van der Waals surface area (Å²) in [6, 6.07) is 5.75. The zero-order valence-corrected chi connectivity index (χ0v) is 9.62. The lowest BCUT2D eigenvalue weighted by Crippen LogP contribution is -2.08. The van der Waals surface area contributed by atoms with Crippen molar-refractivity contribution in [1.82, 2.24) is 0 Å². The Morgan fingerprint density at radius 1 is 1.20 bits per heavy atom. The molecule has 0 radical (unpaired) electrons. The van der Waals surface area contributed by atoms with Crippen molar-refractivity contribution in [1.29, 1.82) is 0 Å². The van der Waals surface area contributed by atoms with Gasteiger partial charge in [0.05, 0.1) is 13.2 Å². The number of hydrogen-bond acceptors (Lipinski definition) is 3. The third-order valence-electron chi connectivity index (χ3n) is 2.09. The number of hydrogen-bond donors (Lipinski definition) is 1. The first kappa shape index (κ1) is 11.9.